The minimum absolute atomic E-state index is 0.0391. The van der Waals surface area contributed by atoms with Crippen LogP contribution in [0.1, 0.15) is 73.7 Å². The van der Waals surface area contributed by atoms with Crippen LogP contribution in [0.4, 0.5) is 4.79 Å². The molecule has 2 amide bonds. The van der Waals surface area contributed by atoms with Crippen molar-refractivity contribution in [3.8, 4) is 0 Å². The van der Waals surface area contributed by atoms with Crippen LogP contribution in [0.15, 0.2) is 66.7 Å². The van der Waals surface area contributed by atoms with E-state index in [1.807, 2.05) is 0 Å². The molecular formula is C31H37N3O3. The second kappa shape index (κ2) is 11.8. The Morgan fingerprint density at radius 3 is 2.19 bits per heavy atom. The second-order valence-corrected chi connectivity index (χ2v) is 10.6. The van der Waals surface area contributed by atoms with Gasteiger partial charge < -0.3 is 15.7 Å². The zero-order valence-corrected chi connectivity index (χ0v) is 21.3. The van der Waals surface area contributed by atoms with Crippen molar-refractivity contribution < 1.29 is 14.7 Å². The number of hydrogen-bond acceptors (Lipinski definition) is 3. The van der Waals surface area contributed by atoms with Gasteiger partial charge in [-0.3, -0.25) is 9.69 Å². The average Bonchev–Trinajstić information content (AvgIpc) is 3.48. The van der Waals surface area contributed by atoms with Crippen molar-refractivity contribution >= 4 is 23.3 Å². The van der Waals surface area contributed by atoms with Gasteiger partial charge in [-0.15, -0.1) is 0 Å². The lowest BCUT2D eigenvalue weighted by atomic mass is 9.84. The quantitative estimate of drug-likeness (QED) is 0.354. The molecule has 2 heterocycles. The molecule has 0 spiro atoms. The molecule has 3 aromatic carbocycles. The Morgan fingerprint density at radius 1 is 0.865 bits per heavy atom. The number of fused-ring (bicyclic) bond motifs is 6. The van der Waals surface area contributed by atoms with Gasteiger partial charge in [-0.05, 0) is 84.9 Å². The van der Waals surface area contributed by atoms with Gasteiger partial charge in [0.05, 0.1) is 0 Å². The van der Waals surface area contributed by atoms with Gasteiger partial charge in [0.15, 0.2) is 0 Å². The Labute approximate surface area is 219 Å². The van der Waals surface area contributed by atoms with Gasteiger partial charge in [-0.25, -0.2) is 4.79 Å². The van der Waals surface area contributed by atoms with Gasteiger partial charge in [-0.2, -0.15) is 0 Å². The summed E-state index contributed by atoms with van der Waals surface area (Å²) >= 11 is 0. The molecule has 2 unspecified atom stereocenters. The fraction of sp³-hybridized carbons (Fsp3) is 0.419. The molecular weight excluding hydrogens is 462 g/mol. The van der Waals surface area contributed by atoms with Crippen molar-refractivity contribution in [1.82, 2.24) is 15.5 Å². The molecule has 2 aliphatic heterocycles. The standard InChI is InChI=1S/C30H35N3O.CH2O2/c34-30(31-20-23-8-5-7-22-6-1-2-9-25(22)23)32-24-14-12-21(13-15-24)18-19-33-28-16-17-29(33)27-11-4-3-10-26(27)28;2-1-3/h1-11,21,24,28-29H,12-20H2,(H2,31,32,34);1H,(H,2,3). The predicted molar refractivity (Wildman–Crippen MR) is 146 cm³/mol. The summed E-state index contributed by atoms with van der Waals surface area (Å²) in [6.45, 7) is 1.53. The largest absolute Gasteiger partial charge is 0.483 e. The topological polar surface area (TPSA) is 81.7 Å². The molecule has 0 radical (unpaired) electrons. The Morgan fingerprint density at radius 2 is 1.49 bits per heavy atom. The van der Waals surface area contributed by atoms with Gasteiger partial charge in [0.1, 0.15) is 0 Å². The highest BCUT2D eigenvalue weighted by atomic mass is 16.3. The van der Waals surface area contributed by atoms with E-state index in [1.54, 1.807) is 11.1 Å². The van der Waals surface area contributed by atoms with Crippen LogP contribution in [-0.2, 0) is 11.3 Å². The second-order valence-electron chi connectivity index (χ2n) is 10.6. The van der Waals surface area contributed by atoms with Crippen LogP contribution in [0.5, 0.6) is 0 Å². The van der Waals surface area contributed by atoms with Crippen LogP contribution < -0.4 is 10.6 Å². The summed E-state index contributed by atoms with van der Waals surface area (Å²) in [5.74, 6) is 0.792. The zero-order valence-electron chi connectivity index (χ0n) is 21.3. The van der Waals surface area contributed by atoms with Gasteiger partial charge in [0.2, 0.25) is 0 Å². The van der Waals surface area contributed by atoms with Gasteiger partial charge in [0.25, 0.3) is 6.47 Å². The normalized spacial score (nSPS) is 24.1. The van der Waals surface area contributed by atoms with E-state index in [1.165, 1.54) is 49.4 Å². The molecule has 3 aliphatic rings. The van der Waals surface area contributed by atoms with Crippen LogP contribution in [0, 0.1) is 5.92 Å². The fourth-order valence-electron chi connectivity index (χ4n) is 6.75. The lowest BCUT2D eigenvalue weighted by Crippen LogP contribution is -2.43. The molecule has 2 atom stereocenters. The number of carbonyl (C=O) groups is 2. The summed E-state index contributed by atoms with van der Waals surface area (Å²) in [7, 11) is 0. The highest BCUT2D eigenvalue weighted by molar-refractivity contribution is 5.86. The third-order valence-corrected chi connectivity index (χ3v) is 8.53. The van der Waals surface area contributed by atoms with E-state index in [2.05, 4.69) is 82.3 Å². The predicted octanol–water partition coefficient (Wildman–Crippen LogP) is 6.18. The molecule has 6 heteroatoms. The Balaban J connectivity index is 0.000000892. The summed E-state index contributed by atoms with van der Waals surface area (Å²) in [5.41, 5.74) is 4.33. The maximum absolute atomic E-state index is 12.6. The molecule has 1 saturated carbocycles. The number of nitrogens with one attached hydrogen (secondary N) is 2. The van der Waals surface area contributed by atoms with Crippen LogP contribution >= 0.6 is 0 Å². The maximum atomic E-state index is 12.6. The first kappa shape index (κ1) is 25.3. The smallest absolute Gasteiger partial charge is 0.315 e. The minimum Gasteiger partial charge on any atom is -0.483 e. The number of hydrogen-bond donors (Lipinski definition) is 3. The number of benzene rings is 3. The SMILES string of the molecule is O=C(NCc1cccc2ccccc12)NC1CCC(CCN2C3CCC2c2ccccc23)CC1.O=CO. The number of amides is 2. The molecule has 1 saturated heterocycles. The highest BCUT2D eigenvalue weighted by Crippen LogP contribution is 2.53. The molecule has 37 heavy (non-hydrogen) atoms. The molecule has 3 N–H and O–H groups in total. The van der Waals surface area contributed by atoms with E-state index in [9.17, 15) is 4.79 Å². The molecule has 3 aromatic rings. The van der Waals surface area contributed by atoms with Crippen molar-refractivity contribution in [1.29, 1.82) is 0 Å². The van der Waals surface area contributed by atoms with Crippen molar-refractivity contribution in [3.05, 3.63) is 83.4 Å². The lowest BCUT2D eigenvalue weighted by Gasteiger charge is -2.31. The van der Waals surface area contributed by atoms with E-state index in [0.717, 1.165) is 24.3 Å². The zero-order chi connectivity index (χ0) is 25.6. The summed E-state index contributed by atoms with van der Waals surface area (Å²) in [4.78, 5) is 23.7. The highest BCUT2D eigenvalue weighted by Gasteiger charge is 2.43. The number of rotatable bonds is 6. The fourth-order valence-corrected chi connectivity index (χ4v) is 6.75. The average molecular weight is 500 g/mol. The van der Waals surface area contributed by atoms with E-state index in [0.29, 0.717) is 24.7 Å². The molecule has 0 aromatic heterocycles. The molecule has 2 fully saturated rings. The number of carbonyl (C=O) groups excluding carboxylic acids is 1. The van der Waals surface area contributed by atoms with Gasteiger partial charge in [0, 0.05) is 24.7 Å². The lowest BCUT2D eigenvalue weighted by molar-refractivity contribution is -0.122. The minimum atomic E-state index is -0.250. The van der Waals surface area contributed by atoms with Crippen molar-refractivity contribution in [2.75, 3.05) is 6.54 Å². The number of nitrogens with zero attached hydrogens (tertiary/aromatic N) is 1. The van der Waals surface area contributed by atoms with Crippen molar-refractivity contribution in [2.24, 2.45) is 5.92 Å². The first-order chi connectivity index (χ1) is 18.2. The summed E-state index contributed by atoms with van der Waals surface area (Å²) in [6, 6.07) is 25.3. The van der Waals surface area contributed by atoms with Crippen molar-refractivity contribution in [2.45, 2.75) is 69.6 Å². The van der Waals surface area contributed by atoms with Crippen LogP contribution in [0.2, 0.25) is 0 Å². The van der Waals surface area contributed by atoms with E-state index in [4.69, 9.17) is 9.90 Å². The van der Waals surface area contributed by atoms with E-state index in [-0.39, 0.29) is 12.5 Å². The van der Waals surface area contributed by atoms with E-state index >= 15 is 0 Å². The molecule has 2 bridgehead atoms. The van der Waals surface area contributed by atoms with Gasteiger partial charge in [-0.1, -0.05) is 66.7 Å². The Bertz CT molecular complexity index is 1180. The Hall–Kier alpha value is -3.38. The number of urea groups is 1. The molecule has 1 aliphatic carbocycles. The number of carboxylic acid groups (broad SMARTS) is 1. The summed E-state index contributed by atoms with van der Waals surface area (Å²) in [6.07, 6.45) is 8.59. The Kier molecular flexibility index (Phi) is 8.05. The maximum Gasteiger partial charge on any atom is 0.315 e. The third kappa shape index (κ3) is 5.64. The van der Waals surface area contributed by atoms with Crippen LogP contribution in [-0.4, -0.2) is 35.1 Å². The van der Waals surface area contributed by atoms with E-state index < -0.39 is 0 Å². The molecule has 6 nitrogen and oxygen atoms in total. The monoisotopic (exact) mass is 499 g/mol. The third-order valence-electron chi connectivity index (χ3n) is 8.53. The first-order valence-electron chi connectivity index (χ1n) is 13.6. The summed E-state index contributed by atoms with van der Waals surface area (Å²) < 4.78 is 0. The van der Waals surface area contributed by atoms with Crippen LogP contribution in [0.25, 0.3) is 10.8 Å². The molecule has 6 rings (SSSR count). The summed E-state index contributed by atoms with van der Waals surface area (Å²) in [5, 5.41) is 15.6. The van der Waals surface area contributed by atoms with Gasteiger partial charge >= 0.3 is 6.03 Å². The van der Waals surface area contributed by atoms with Crippen molar-refractivity contribution in [3.63, 3.8) is 0 Å². The first-order valence-corrected chi connectivity index (χ1v) is 13.6. The molecule has 194 valence electrons. The van der Waals surface area contributed by atoms with Crippen LogP contribution in [0.3, 0.4) is 0 Å².